The molecular formula is C11H20BrN3O. The third kappa shape index (κ3) is 3.04. The average molecular weight is 290 g/mol. The van der Waals surface area contributed by atoms with Gasteiger partial charge in [-0.15, -0.1) is 5.10 Å². The van der Waals surface area contributed by atoms with E-state index in [-0.39, 0.29) is 5.92 Å². The van der Waals surface area contributed by atoms with E-state index >= 15 is 0 Å². The fourth-order valence-electron chi connectivity index (χ4n) is 1.93. The fraction of sp³-hybridized carbons (Fsp3) is 0.818. The third-order valence-corrected chi connectivity index (χ3v) is 3.57. The first kappa shape index (κ1) is 13.6. The van der Waals surface area contributed by atoms with Crippen molar-refractivity contribution in [2.45, 2.75) is 45.6 Å². The van der Waals surface area contributed by atoms with Crippen LogP contribution in [0.25, 0.3) is 0 Å². The largest absolute Gasteiger partial charge is 0.386 e. The zero-order chi connectivity index (χ0) is 12.1. The molecule has 16 heavy (non-hydrogen) atoms. The number of unbranched alkanes of at least 4 members (excludes halogenated alkanes) is 1. The maximum atomic E-state index is 10.3. The summed E-state index contributed by atoms with van der Waals surface area (Å²) in [6, 6.07) is 0. The van der Waals surface area contributed by atoms with E-state index in [1.54, 1.807) is 4.68 Å². The number of aromatic nitrogens is 3. The summed E-state index contributed by atoms with van der Waals surface area (Å²) in [5, 5.41) is 18.1. The molecular weight excluding hydrogens is 270 g/mol. The molecule has 4 nitrogen and oxygen atoms in total. The molecule has 1 rings (SSSR count). The summed E-state index contributed by atoms with van der Waals surface area (Å²) < 4.78 is 2.29. The van der Waals surface area contributed by atoms with Crippen LogP contribution in [-0.4, -0.2) is 20.1 Å². The standard InChI is InChI=1S/C11H20BrN3O/c1-4-6-7-8(5-2)10(16)9-11(12)13-14-15(9)3/h8,10,16H,4-7H2,1-3H3. The van der Waals surface area contributed by atoms with Crippen molar-refractivity contribution >= 4 is 15.9 Å². The van der Waals surface area contributed by atoms with E-state index in [0.717, 1.165) is 31.4 Å². The van der Waals surface area contributed by atoms with Crippen LogP contribution in [0.5, 0.6) is 0 Å². The van der Waals surface area contributed by atoms with Gasteiger partial charge in [-0.3, -0.25) is 0 Å². The summed E-state index contributed by atoms with van der Waals surface area (Å²) in [6.07, 6.45) is 3.85. The van der Waals surface area contributed by atoms with Crippen LogP contribution in [0.4, 0.5) is 0 Å². The first-order valence-corrected chi connectivity index (χ1v) is 6.64. The molecule has 2 atom stereocenters. The lowest BCUT2D eigenvalue weighted by Gasteiger charge is -2.21. The van der Waals surface area contributed by atoms with Crippen molar-refractivity contribution in [1.82, 2.24) is 15.0 Å². The molecule has 1 aromatic heterocycles. The van der Waals surface area contributed by atoms with E-state index in [0.29, 0.717) is 4.60 Å². The second kappa shape index (κ2) is 6.35. The van der Waals surface area contributed by atoms with Gasteiger partial charge in [0.05, 0.1) is 0 Å². The summed E-state index contributed by atoms with van der Waals surface area (Å²) in [5.41, 5.74) is 0.781. The van der Waals surface area contributed by atoms with Crippen molar-refractivity contribution in [3.8, 4) is 0 Å². The monoisotopic (exact) mass is 289 g/mol. The molecule has 2 unspecified atom stereocenters. The van der Waals surface area contributed by atoms with Gasteiger partial charge in [0, 0.05) is 7.05 Å². The van der Waals surface area contributed by atoms with Crippen molar-refractivity contribution < 1.29 is 5.11 Å². The molecule has 0 aliphatic carbocycles. The minimum atomic E-state index is -0.481. The summed E-state index contributed by atoms with van der Waals surface area (Å²) in [6.45, 7) is 4.28. The first-order chi connectivity index (χ1) is 7.61. The highest BCUT2D eigenvalue weighted by Gasteiger charge is 2.24. The molecule has 1 heterocycles. The normalized spacial score (nSPS) is 15.1. The zero-order valence-corrected chi connectivity index (χ0v) is 11.7. The number of aliphatic hydroxyl groups excluding tert-OH is 1. The van der Waals surface area contributed by atoms with E-state index < -0.39 is 6.10 Å². The highest BCUT2D eigenvalue weighted by Crippen LogP contribution is 2.31. The molecule has 1 aromatic rings. The van der Waals surface area contributed by atoms with Gasteiger partial charge in [0.15, 0.2) is 4.60 Å². The van der Waals surface area contributed by atoms with Gasteiger partial charge in [-0.1, -0.05) is 38.3 Å². The van der Waals surface area contributed by atoms with E-state index in [1.807, 2.05) is 7.05 Å². The number of aliphatic hydroxyl groups is 1. The fourth-order valence-corrected chi connectivity index (χ4v) is 2.49. The van der Waals surface area contributed by atoms with Gasteiger partial charge in [-0.05, 0) is 28.3 Å². The third-order valence-electron chi connectivity index (χ3n) is 3.01. The molecule has 1 N–H and O–H groups in total. The molecule has 5 heteroatoms. The molecule has 0 amide bonds. The Hall–Kier alpha value is -0.420. The predicted octanol–water partition coefficient (Wildman–Crippen LogP) is 2.83. The van der Waals surface area contributed by atoms with Crippen LogP contribution in [-0.2, 0) is 7.05 Å². The highest BCUT2D eigenvalue weighted by molar-refractivity contribution is 9.10. The Labute approximate surface area is 105 Å². The number of hydrogen-bond donors (Lipinski definition) is 1. The topological polar surface area (TPSA) is 50.9 Å². The Morgan fingerprint density at radius 1 is 1.44 bits per heavy atom. The summed E-state index contributed by atoms with van der Waals surface area (Å²) in [5.74, 6) is 0.286. The van der Waals surface area contributed by atoms with E-state index in [4.69, 9.17) is 0 Å². The minimum absolute atomic E-state index is 0.286. The van der Waals surface area contributed by atoms with Crippen LogP contribution in [0.1, 0.15) is 51.3 Å². The molecule has 0 spiro atoms. The average Bonchev–Trinajstić information content (AvgIpc) is 2.59. The summed E-state index contributed by atoms with van der Waals surface area (Å²) in [7, 11) is 1.81. The van der Waals surface area contributed by atoms with Crippen molar-refractivity contribution in [3.05, 3.63) is 10.3 Å². The van der Waals surface area contributed by atoms with Crippen molar-refractivity contribution in [2.75, 3.05) is 0 Å². The molecule has 0 saturated heterocycles. The maximum absolute atomic E-state index is 10.3. The number of rotatable bonds is 6. The van der Waals surface area contributed by atoms with Gasteiger partial charge < -0.3 is 5.11 Å². The second-order valence-electron chi connectivity index (χ2n) is 4.14. The lowest BCUT2D eigenvalue weighted by molar-refractivity contribution is 0.0905. The second-order valence-corrected chi connectivity index (χ2v) is 4.90. The van der Waals surface area contributed by atoms with Crippen LogP contribution >= 0.6 is 15.9 Å². The van der Waals surface area contributed by atoms with Crippen LogP contribution in [0, 0.1) is 5.92 Å². The SMILES string of the molecule is CCCCC(CC)C(O)c1c(Br)nnn1C. The first-order valence-electron chi connectivity index (χ1n) is 5.84. The molecule has 92 valence electrons. The van der Waals surface area contributed by atoms with Gasteiger partial charge in [0.25, 0.3) is 0 Å². The molecule has 0 aliphatic heterocycles. The Morgan fingerprint density at radius 3 is 2.56 bits per heavy atom. The number of nitrogens with zero attached hydrogens (tertiary/aromatic N) is 3. The van der Waals surface area contributed by atoms with Gasteiger partial charge in [-0.2, -0.15) is 0 Å². The van der Waals surface area contributed by atoms with Gasteiger partial charge in [0.2, 0.25) is 0 Å². The van der Waals surface area contributed by atoms with E-state index in [1.165, 1.54) is 0 Å². The van der Waals surface area contributed by atoms with Crippen molar-refractivity contribution in [1.29, 1.82) is 0 Å². The Morgan fingerprint density at radius 2 is 2.12 bits per heavy atom. The molecule has 0 aliphatic rings. The summed E-state index contributed by atoms with van der Waals surface area (Å²) in [4.78, 5) is 0. The lowest BCUT2D eigenvalue weighted by atomic mass is 9.92. The Balaban J connectivity index is 2.78. The number of hydrogen-bond acceptors (Lipinski definition) is 3. The number of halogens is 1. The van der Waals surface area contributed by atoms with Crippen LogP contribution in [0.2, 0.25) is 0 Å². The zero-order valence-electron chi connectivity index (χ0n) is 10.1. The smallest absolute Gasteiger partial charge is 0.154 e. The Bertz CT molecular complexity index is 308. The predicted molar refractivity (Wildman–Crippen MR) is 67.0 cm³/mol. The van der Waals surface area contributed by atoms with Crippen LogP contribution in [0.15, 0.2) is 4.60 Å². The van der Waals surface area contributed by atoms with Gasteiger partial charge >= 0.3 is 0 Å². The van der Waals surface area contributed by atoms with Crippen molar-refractivity contribution in [2.24, 2.45) is 13.0 Å². The maximum Gasteiger partial charge on any atom is 0.154 e. The van der Waals surface area contributed by atoms with E-state index in [2.05, 4.69) is 40.1 Å². The Kier molecular flexibility index (Phi) is 5.41. The van der Waals surface area contributed by atoms with E-state index in [9.17, 15) is 5.11 Å². The molecule has 0 fully saturated rings. The summed E-state index contributed by atoms with van der Waals surface area (Å²) >= 11 is 3.33. The molecule has 0 saturated carbocycles. The van der Waals surface area contributed by atoms with Crippen LogP contribution in [0.3, 0.4) is 0 Å². The van der Waals surface area contributed by atoms with Crippen molar-refractivity contribution in [3.63, 3.8) is 0 Å². The molecule has 0 radical (unpaired) electrons. The molecule has 0 bridgehead atoms. The number of aryl methyl sites for hydroxylation is 1. The minimum Gasteiger partial charge on any atom is -0.386 e. The molecule has 0 aromatic carbocycles. The lowest BCUT2D eigenvalue weighted by Crippen LogP contribution is -2.16. The highest BCUT2D eigenvalue weighted by atomic mass is 79.9. The van der Waals surface area contributed by atoms with Gasteiger partial charge in [0.1, 0.15) is 11.8 Å². The van der Waals surface area contributed by atoms with Crippen LogP contribution < -0.4 is 0 Å². The van der Waals surface area contributed by atoms with Gasteiger partial charge in [-0.25, -0.2) is 4.68 Å². The quantitative estimate of drug-likeness (QED) is 0.876.